The van der Waals surface area contributed by atoms with E-state index in [4.69, 9.17) is 0 Å². The first-order chi connectivity index (χ1) is 5.97. The van der Waals surface area contributed by atoms with Crippen molar-refractivity contribution in [1.29, 1.82) is 0 Å². The average Bonchev–Trinajstić information content (AvgIpc) is 2.08. The van der Waals surface area contributed by atoms with Crippen molar-refractivity contribution in [1.82, 2.24) is 0 Å². The molecule has 5 heteroatoms. The lowest BCUT2D eigenvalue weighted by molar-refractivity contribution is 0.864. The highest BCUT2D eigenvalue weighted by Gasteiger charge is 2.41. The van der Waals surface area contributed by atoms with Crippen LogP contribution in [0.2, 0.25) is 30.2 Å². The zero-order chi connectivity index (χ0) is 9.95. The summed E-state index contributed by atoms with van der Waals surface area (Å²) in [5.74, 6) is 0. The topological polar surface area (TPSA) is 0 Å². The monoisotopic (exact) mass is 406 g/mol. The lowest BCUT2D eigenvalue weighted by atomic mass is 10.4. The molecule has 0 N–H and O–H groups in total. The Labute approximate surface area is 107 Å². The fourth-order valence-corrected chi connectivity index (χ4v) is 21.9. The van der Waals surface area contributed by atoms with Crippen molar-refractivity contribution in [2.45, 2.75) is 50.0 Å². The molecule has 78 valence electrons. The summed E-state index contributed by atoms with van der Waals surface area (Å²) in [6.45, 7) is 1.33. The Morgan fingerprint density at radius 1 is 1.00 bits per heavy atom. The van der Waals surface area contributed by atoms with Crippen molar-refractivity contribution in [3.05, 3.63) is 0 Å². The van der Waals surface area contributed by atoms with Gasteiger partial charge in [0.2, 0.25) is 5.31 Å². The Kier molecular flexibility index (Phi) is 5.25. The summed E-state index contributed by atoms with van der Waals surface area (Å²) in [5.41, 5.74) is 0. The van der Waals surface area contributed by atoms with Gasteiger partial charge < -0.3 is 0 Å². The van der Waals surface area contributed by atoms with Crippen LogP contribution in [0.4, 0.5) is 0 Å². The molecule has 0 aromatic carbocycles. The van der Waals surface area contributed by atoms with E-state index in [1.807, 2.05) is 0 Å². The smallest absolute Gasteiger partial charge is 0.126 e. The minimum Gasteiger partial charge on any atom is -0.126 e. The maximum Gasteiger partial charge on any atom is 0.200 e. The molecule has 1 rings (SSSR count). The molecule has 0 bridgehead atoms. The second-order valence-electron chi connectivity index (χ2n) is 4.11. The number of unbranched alkanes of at least 4 members (excludes halogenated alkanes) is 1. The lowest BCUT2D eigenvalue weighted by Crippen LogP contribution is -2.36. The van der Waals surface area contributed by atoms with Crippen molar-refractivity contribution < 1.29 is 0 Å². The second kappa shape index (κ2) is 5.28. The van der Waals surface area contributed by atoms with Gasteiger partial charge in [0.25, 0.3) is 0 Å². The van der Waals surface area contributed by atoms with E-state index in [1.54, 1.807) is 0 Å². The molecule has 0 atom stereocenters. The Balaban J connectivity index is 2.37. The van der Waals surface area contributed by atoms with E-state index < -0.39 is 12.0 Å². The van der Waals surface area contributed by atoms with Gasteiger partial charge in [-0.25, -0.2) is 0 Å². The van der Waals surface area contributed by atoms with Gasteiger partial charge in [0, 0.05) is 0 Å². The average molecular weight is 409 g/mol. The van der Waals surface area contributed by atoms with Crippen molar-refractivity contribution in [2.24, 2.45) is 0 Å². The zero-order valence-corrected chi connectivity index (χ0v) is 14.8. The summed E-state index contributed by atoms with van der Waals surface area (Å²) in [6, 6.07) is 7.31. The van der Waals surface area contributed by atoms with Crippen molar-refractivity contribution in [3.8, 4) is 0 Å². The third-order valence-electron chi connectivity index (χ3n) is 2.86. The summed E-state index contributed by atoms with van der Waals surface area (Å²) in [4.78, 5) is 0. The Hall–Kier alpha value is 1.87. The molecule has 1 aliphatic rings. The van der Waals surface area contributed by atoms with Gasteiger partial charge >= 0.3 is 0 Å². The van der Waals surface area contributed by atoms with Crippen LogP contribution in [-0.2, 0) is 0 Å². The van der Waals surface area contributed by atoms with Crippen LogP contribution in [0.15, 0.2) is 0 Å². The molecule has 0 aromatic heterocycles. The molecule has 0 amide bonds. The normalized spacial score (nSPS) is 25.8. The molecule has 1 saturated heterocycles. The number of hydrogen-bond acceptors (Lipinski definition) is 0. The molecule has 0 aliphatic carbocycles. The highest BCUT2D eigenvalue weighted by molar-refractivity contribution is 9.51. The molecule has 0 spiro atoms. The van der Waals surface area contributed by atoms with Gasteiger partial charge in [-0.15, -0.1) is 45.9 Å². The summed E-state index contributed by atoms with van der Waals surface area (Å²) in [7, 11) is 0. The Morgan fingerprint density at radius 3 is 2.00 bits per heavy atom. The fraction of sp³-hybridized carbons (Fsp3) is 1.00. The first kappa shape index (κ1) is 12.9. The van der Waals surface area contributed by atoms with Gasteiger partial charge in [-0.2, -0.15) is 0 Å². The number of hydrogen-bond donors (Lipinski definition) is 0. The van der Waals surface area contributed by atoms with E-state index in [-0.39, 0.29) is 0 Å². The highest BCUT2D eigenvalue weighted by Crippen LogP contribution is 2.46. The molecule has 0 radical (unpaired) electrons. The molecule has 0 aromatic rings. The predicted octanol–water partition coefficient (Wildman–Crippen LogP) is 5.37. The third kappa shape index (κ3) is 4.49. The maximum absolute atomic E-state index is 4.07. The molecular formula is C8H17Br3Si2. The fourth-order valence-electron chi connectivity index (χ4n) is 1.81. The van der Waals surface area contributed by atoms with Gasteiger partial charge in [-0.1, -0.05) is 19.8 Å². The third-order valence-corrected chi connectivity index (χ3v) is 17.7. The first-order valence-corrected chi connectivity index (χ1v) is 16.8. The van der Waals surface area contributed by atoms with Crippen LogP contribution in [0, 0.1) is 0 Å². The molecule has 0 nitrogen and oxygen atoms in total. The first-order valence-electron chi connectivity index (χ1n) is 5.04. The van der Waals surface area contributed by atoms with Gasteiger partial charge in [0.1, 0.15) is 6.69 Å². The zero-order valence-electron chi connectivity index (χ0n) is 8.08. The molecular weight excluding hydrogens is 392 g/mol. The predicted molar refractivity (Wildman–Crippen MR) is 77.2 cm³/mol. The maximum atomic E-state index is 4.07. The van der Waals surface area contributed by atoms with Crippen LogP contribution < -0.4 is 0 Å². The van der Waals surface area contributed by atoms with Crippen molar-refractivity contribution in [2.75, 3.05) is 0 Å². The molecule has 1 fully saturated rings. The minimum absolute atomic E-state index is 0.959. The molecule has 1 heterocycles. The van der Waals surface area contributed by atoms with E-state index in [2.05, 4.69) is 52.8 Å². The van der Waals surface area contributed by atoms with Crippen LogP contribution in [0.3, 0.4) is 0 Å². The standard InChI is InChI=1S/C8H17Br3Si2/c1-2-3-4-12(9)5-7-13(10,11)8-6-12/h2-8H2,1H3. The van der Waals surface area contributed by atoms with E-state index in [0.29, 0.717) is 0 Å². The number of halogens is 3. The Morgan fingerprint density at radius 2 is 1.54 bits per heavy atom. The molecule has 0 saturated carbocycles. The molecule has 13 heavy (non-hydrogen) atoms. The van der Waals surface area contributed by atoms with Crippen LogP contribution in [0.1, 0.15) is 19.8 Å². The quantitative estimate of drug-likeness (QED) is 0.434. The Bertz CT molecular complexity index is 163. The highest BCUT2D eigenvalue weighted by atomic mass is 79.9. The molecule has 1 aliphatic heterocycles. The van der Waals surface area contributed by atoms with Crippen LogP contribution >= 0.6 is 45.9 Å². The van der Waals surface area contributed by atoms with Crippen molar-refractivity contribution in [3.63, 3.8) is 0 Å². The molecule has 0 unspecified atom stereocenters. The summed E-state index contributed by atoms with van der Waals surface area (Å²) in [5, 5.41) is -1.09. The van der Waals surface area contributed by atoms with Crippen LogP contribution in [0.25, 0.3) is 0 Å². The summed E-state index contributed by atoms with van der Waals surface area (Å²) in [6.07, 6.45) is 2.78. The van der Waals surface area contributed by atoms with Gasteiger partial charge in [-0.05, 0) is 30.2 Å². The van der Waals surface area contributed by atoms with Gasteiger partial charge in [0.15, 0.2) is 0 Å². The summed E-state index contributed by atoms with van der Waals surface area (Å²) < 4.78 is 0. The number of rotatable bonds is 3. The van der Waals surface area contributed by atoms with Gasteiger partial charge in [0.05, 0.1) is 0 Å². The van der Waals surface area contributed by atoms with E-state index in [0.717, 1.165) is 0 Å². The van der Waals surface area contributed by atoms with Crippen LogP contribution in [0.5, 0.6) is 0 Å². The van der Waals surface area contributed by atoms with E-state index in [1.165, 1.54) is 43.1 Å². The SMILES string of the molecule is CCCC[Si]1(Br)CC[Si](Br)(Br)CC1. The second-order valence-corrected chi connectivity index (χ2v) is 28.0. The lowest BCUT2D eigenvalue weighted by Gasteiger charge is -2.34. The van der Waals surface area contributed by atoms with E-state index in [9.17, 15) is 0 Å². The van der Waals surface area contributed by atoms with E-state index >= 15 is 0 Å². The summed E-state index contributed by atoms with van der Waals surface area (Å²) >= 11 is 11.8. The van der Waals surface area contributed by atoms with Crippen LogP contribution in [-0.4, -0.2) is 12.0 Å². The van der Waals surface area contributed by atoms with Gasteiger partial charge in [-0.3, -0.25) is 0 Å². The van der Waals surface area contributed by atoms with Crippen molar-refractivity contribution >= 4 is 57.9 Å². The minimum atomic E-state index is -1.09. The largest absolute Gasteiger partial charge is 0.200 e.